The first-order valence-electron chi connectivity index (χ1n) is 9.29. The molecule has 1 saturated heterocycles. The van der Waals surface area contributed by atoms with Crippen molar-refractivity contribution in [1.29, 1.82) is 0 Å². The van der Waals surface area contributed by atoms with Crippen LogP contribution in [0.1, 0.15) is 11.3 Å². The van der Waals surface area contributed by atoms with Crippen molar-refractivity contribution in [2.24, 2.45) is 4.99 Å². The van der Waals surface area contributed by atoms with Gasteiger partial charge in [-0.25, -0.2) is 4.99 Å². The van der Waals surface area contributed by atoms with Crippen LogP contribution >= 0.6 is 22.9 Å². The predicted molar refractivity (Wildman–Crippen MR) is 117 cm³/mol. The minimum atomic E-state index is -0.0218. The van der Waals surface area contributed by atoms with Gasteiger partial charge in [-0.3, -0.25) is 4.79 Å². The number of amides is 1. The molecule has 2 heterocycles. The van der Waals surface area contributed by atoms with Crippen LogP contribution in [0.2, 0.25) is 5.02 Å². The number of halogens is 1. The lowest BCUT2D eigenvalue weighted by Crippen LogP contribution is -2.45. The number of anilines is 1. The lowest BCUT2D eigenvalue weighted by molar-refractivity contribution is -0.127. The van der Waals surface area contributed by atoms with Crippen molar-refractivity contribution in [3.63, 3.8) is 0 Å². The zero-order valence-electron chi connectivity index (χ0n) is 16.2. The van der Waals surface area contributed by atoms with Crippen LogP contribution in [-0.4, -0.2) is 56.5 Å². The summed E-state index contributed by atoms with van der Waals surface area (Å²) in [5, 5.41) is 9.64. The van der Waals surface area contributed by atoms with Crippen LogP contribution in [0.5, 0.6) is 0 Å². The normalized spacial score (nSPS) is 16.9. The molecule has 1 fully saturated rings. The second kappa shape index (κ2) is 9.80. The van der Waals surface area contributed by atoms with E-state index in [-0.39, 0.29) is 18.5 Å². The van der Waals surface area contributed by atoms with Crippen molar-refractivity contribution in [2.75, 3.05) is 38.6 Å². The van der Waals surface area contributed by atoms with E-state index in [4.69, 9.17) is 11.6 Å². The highest BCUT2D eigenvalue weighted by Crippen LogP contribution is 2.22. The summed E-state index contributed by atoms with van der Waals surface area (Å²) in [4.78, 5) is 21.5. The topological polar surface area (TPSA) is 60.0 Å². The fraction of sp³-hybridized carbons (Fsp3) is 0.400. The first-order valence-corrected chi connectivity index (χ1v) is 10.5. The molecule has 1 aromatic heterocycles. The van der Waals surface area contributed by atoms with Crippen molar-refractivity contribution in [3.8, 4) is 0 Å². The highest BCUT2D eigenvalue weighted by atomic mass is 35.5. The van der Waals surface area contributed by atoms with E-state index in [1.165, 1.54) is 10.6 Å². The standard InChI is InChI=1S/C20H26ClN5OS/c1-25(2)19(27)13-23-20(22-12-18-4-3-11-28-18)24-16-9-10-26(14-16)17-7-5-15(21)6-8-17/h3-8,11,16H,9-10,12-14H2,1-2H3,(H2,22,23,24). The number of likely N-dealkylation sites (N-methyl/N-ethyl adjacent to an activating group) is 1. The van der Waals surface area contributed by atoms with Gasteiger partial charge in [0.2, 0.25) is 5.91 Å². The highest BCUT2D eigenvalue weighted by Gasteiger charge is 2.23. The average Bonchev–Trinajstić information content (AvgIpc) is 3.36. The van der Waals surface area contributed by atoms with Gasteiger partial charge in [-0.1, -0.05) is 17.7 Å². The molecule has 0 aliphatic carbocycles. The summed E-state index contributed by atoms with van der Waals surface area (Å²) >= 11 is 7.69. The number of rotatable bonds is 6. The number of nitrogens with one attached hydrogen (secondary N) is 2. The third kappa shape index (κ3) is 5.87. The van der Waals surface area contributed by atoms with E-state index in [9.17, 15) is 4.79 Å². The maximum atomic E-state index is 11.9. The minimum absolute atomic E-state index is 0.0218. The lowest BCUT2D eigenvalue weighted by atomic mass is 10.2. The maximum Gasteiger partial charge on any atom is 0.243 e. The van der Waals surface area contributed by atoms with Gasteiger partial charge in [0.25, 0.3) is 0 Å². The Balaban J connectivity index is 1.60. The van der Waals surface area contributed by atoms with Crippen molar-refractivity contribution in [1.82, 2.24) is 15.5 Å². The molecule has 1 aliphatic rings. The second-order valence-corrected chi connectivity index (χ2v) is 8.41. The van der Waals surface area contributed by atoms with E-state index in [2.05, 4.69) is 32.0 Å². The Morgan fingerprint density at radius 1 is 1.32 bits per heavy atom. The van der Waals surface area contributed by atoms with Gasteiger partial charge in [-0.15, -0.1) is 11.3 Å². The molecule has 1 unspecified atom stereocenters. The van der Waals surface area contributed by atoms with Gasteiger partial charge in [0, 0.05) is 48.8 Å². The zero-order valence-corrected chi connectivity index (χ0v) is 17.8. The molecule has 2 aromatic rings. The molecule has 28 heavy (non-hydrogen) atoms. The van der Waals surface area contributed by atoms with E-state index in [0.717, 1.165) is 24.5 Å². The van der Waals surface area contributed by atoms with Gasteiger partial charge in [-0.05, 0) is 42.1 Å². The van der Waals surface area contributed by atoms with Crippen molar-refractivity contribution < 1.29 is 4.79 Å². The zero-order chi connectivity index (χ0) is 19.9. The number of guanidine groups is 1. The number of benzene rings is 1. The molecule has 0 saturated carbocycles. The number of hydrogen-bond donors (Lipinski definition) is 2. The van der Waals surface area contributed by atoms with Crippen LogP contribution in [0.3, 0.4) is 0 Å². The van der Waals surface area contributed by atoms with Crippen LogP contribution in [0.15, 0.2) is 46.8 Å². The number of aliphatic imine (C=N–C) groups is 1. The molecule has 1 atom stereocenters. The molecular formula is C20H26ClN5OS. The Labute approximate surface area is 175 Å². The minimum Gasteiger partial charge on any atom is -0.369 e. The average molecular weight is 420 g/mol. The molecule has 0 spiro atoms. The van der Waals surface area contributed by atoms with E-state index >= 15 is 0 Å². The van der Waals surface area contributed by atoms with Crippen molar-refractivity contribution >= 4 is 40.5 Å². The predicted octanol–water partition coefficient (Wildman–Crippen LogP) is 2.80. The van der Waals surface area contributed by atoms with Crippen LogP contribution in [-0.2, 0) is 11.3 Å². The van der Waals surface area contributed by atoms with Crippen LogP contribution < -0.4 is 15.5 Å². The van der Waals surface area contributed by atoms with Gasteiger partial charge in [0.05, 0.1) is 6.54 Å². The number of carbonyl (C=O) groups excluding carboxylic acids is 1. The van der Waals surface area contributed by atoms with Crippen LogP contribution in [0.25, 0.3) is 0 Å². The second-order valence-electron chi connectivity index (χ2n) is 6.94. The monoisotopic (exact) mass is 419 g/mol. The molecule has 1 aliphatic heterocycles. The third-order valence-electron chi connectivity index (χ3n) is 4.60. The molecule has 0 bridgehead atoms. The quantitative estimate of drug-likeness (QED) is 0.558. The summed E-state index contributed by atoms with van der Waals surface area (Å²) < 4.78 is 0. The molecule has 8 heteroatoms. The van der Waals surface area contributed by atoms with Gasteiger partial charge in [0.15, 0.2) is 5.96 Å². The van der Waals surface area contributed by atoms with Crippen LogP contribution in [0, 0.1) is 0 Å². The van der Waals surface area contributed by atoms with Gasteiger partial charge in [-0.2, -0.15) is 0 Å². The molecule has 3 rings (SSSR count). The number of nitrogens with zero attached hydrogens (tertiary/aromatic N) is 3. The summed E-state index contributed by atoms with van der Waals surface area (Å²) in [7, 11) is 3.48. The van der Waals surface area contributed by atoms with E-state index in [1.807, 2.05) is 30.3 Å². The van der Waals surface area contributed by atoms with Crippen molar-refractivity contribution in [3.05, 3.63) is 51.7 Å². The molecule has 0 radical (unpaired) electrons. The van der Waals surface area contributed by atoms with Gasteiger partial charge >= 0.3 is 0 Å². The summed E-state index contributed by atoms with van der Waals surface area (Å²) in [6.07, 6.45) is 1.00. The fourth-order valence-corrected chi connectivity index (χ4v) is 3.75. The number of carbonyl (C=O) groups is 1. The smallest absolute Gasteiger partial charge is 0.243 e. The highest BCUT2D eigenvalue weighted by molar-refractivity contribution is 7.09. The summed E-state index contributed by atoms with van der Waals surface area (Å²) in [6, 6.07) is 12.3. The van der Waals surface area contributed by atoms with Crippen LogP contribution in [0.4, 0.5) is 5.69 Å². The third-order valence-corrected chi connectivity index (χ3v) is 5.73. The Bertz CT molecular complexity index is 791. The Kier molecular flexibility index (Phi) is 7.17. The number of hydrogen-bond acceptors (Lipinski definition) is 4. The van der Waals surface area contributed by atoms with Gasteiger partial charge in [0.1, 0.15) is 6.54 Å². The van der Waals surface area contributed by atoms with Gasteiger partial charge < -0.3 is 20.4 Å². The van der Waals surface area contributed by atoms with E-state index in [0.29, 0.717) is 12.5 Å². The van der Waals surface area contributed by atoms with E-state index < -0.39 is 0 Å². The SMILES string of the molecule is CN(C)C(=O)CN=C(NCc1cccs1)NC1CCN(c2ccc(Cl)cc2)C1. The lowest BCUT2D eigenvalue weighted by Gasteiger charge is -2.21. The first-order chi connectivity index (χ1) is 13.5. The molecule has 2 N–H and O–H groups in total. The summed E-state index contributed by atoms with van der Waals surface area (Å²) in [5.74, 6) is 0.651. The molecule has 150 valence electrons. The Morgan fingerprint density at radius 2 is 2.11 bits per heavy atom. The fourth-order valence-electron chi connectivity index (χ4n) is 2.98. The first kappa shape index (κ1) is 20.5. The molecule has 1 aromatic carbocycles. The summed E-state index contributed by atoms with van der Waals surface area (Å²) in [6.45, 7) is 2.66. The van der Waals surface area contributed by atoms with E-state index in [1.54, 1.807) is 30.3 Å². The number of thiophene rings is 1. The van der Waals surface area contributed by atoms with Crippen molar-refractivity contribution in [2.45, 2.75) is 19.0 Å². The molecule has 6 nitrogen and oxygen atoms in total. The Morgan fingerprint density at radius 3 is 2.79 bits per heavy atom. The summed E-state index contributed by atoms with van der Waals surface area (Å²) in [5.41, 5.74) is 1.17. The molecular weight excluding hydrogens is 394 g/mol. The molecule has 1 amide bonds. The Hall–Kier alpha value is -2.25. The largest absolute Gasteiger partial charge is 0.369 e. The maximum absolute atomic E-state index is 11.9.